The van der Waals surface area contributed by atoms with Crippen LogP contribution >= 0.6 is 0 Å². The third-order valence-electron chi connectivity index (χ3n) is 2.16. The lowest BCUT2D eigenvalue weighted by Gasteiger charge is -2.09. The molecule has 5 heteroatoms. The van der Waals surface area contributed by atoms with Crippen LogP contribution in [0.2, 0.25) is 0 Å². The third-order valence-corrected chi connectivity index (χ3v) is 2.90. The van der Waals surface area contributed by atoms with Crippen LogP contribution in [0.3, 0.4) is 0 Å². The van der Waals surface area contributed by atoms with Gasteiger partial charge in [0, 0.05) is 0 Å². The van der Waals surface area contributed by atoms with E-state index in [1.165, 1.54) is 0 Å². The van der Waals surface area contributed by atoms with Crippen molar-refractivity contribution in [3.63, 3.8) is 0 Å². The second-order valence-electron chi connectivity index (χ2n) is 3.94. The van der Waals surface area contributed by atoms with Crippen LogP contribution in [-0.4, -0.2) is 20.8 Å². The highest BCUT2D eigenvalue weighted by Gasteiger charge is 2.04. The molecule has 0 atom stereocenters. The van der Waals surface area contributed by atoms with E-state index in [9.17, 15) is 8.42 Å². The Morgan fingerprint density at radius 1 is 1.38 bits per heavy atom. The maximum atomic E-state index is 10.7. The van der Waals surface area contributed by atoms with Gasteiger partial charge in [-0.15, -0.1) is 0 Å². The van der Waals surface area contributed by atoms with E-state index >= 15 is 0 Å². The molecule has 0 spiro atoms. The molecule has 0 aromatic heterocycles. The second-order valence-corrected chi connectivity index (χ2v) is 5.68. The number of benzene rings is 1. The van der Waals surface area contributed by atoms with Crippen molar-refractivity contribution in [1.29, 1.82) is 0 Å². The normalized spacial score (nSPS) is 11.8. The maximum Gasteiger partial charge on any atom is 0.212 e. The van der Waals surface area contributed by atoms with Crippen LogP contribution in [0.4, 0.5) is 0 Å². The third kappa shape index (κ3) is 4.63. The molecule has 0 unspecified atom stereocenters. The number of ether oxygens (including phenoxy) is 1. The van der Waals surface area contributed by atoms with Crippen molar-refractivity contribution in [2.75, 3.05) is 12.4 Å². The fourth-order valence-corrected chi connectivity index (χ4v) is 1.55. The Hall–Kier alpha value is -1.07. The molecule has 0 fully saturated rings. The molecule has 0 radical (unpaired) electrons. The minimum atomic E-state index is -3.45. The fourth-order valence-electron chi connectivity index (χ4n) is 1.24. The van der Waals surface area contributed by atoms with Gasteiger partial charge in [-0.25, -0.2) is 13.6 Å². The maximum absolute atomic E-state index is 10.7. The number of hydrogen-bond donors (Lipinski definition) is 1. The van der Waals surface area contributed by atoms with Gasteiger partial charge in [-0.05, 0) is 23.6 Å². The Morgan fingerprint density at radius 3 is 2.62 bits per heavy atom. The van der Waals surface area contributed by atoms with Gasteiger partial charge in [-0.1, -0.05) is 26.0 Å². The molecule has 2 N–H and O–H groups in total. The standard InChI is InChI=1S/C11H17NO3S/c1-9(2)10-4-3-5-11(8-10)15-6-7-16(12,13)14/h3-5,8-9H,6-7H2,1-2H3,(H2,12,13,14). The molecular formula is C11H17NO3S. The number of sulfonamides is 1. The van der Waals surface area contributed by atoms with E-state index in [-0.39, 0.29) is 12.4 Å². The SMILES string of the molecule is CC(C)c1cccc(OCCS(N)(=O)=O)c1. The van der Waals surface area contributed by atoms with E-state index in [1.54, 1.807) is 6.07 Å². The minimum Gasteiger partial charge on any atom is -0.492 e. The van der Waals surface area contributed by atoms with Crippen molar-refractivity contribution in [3.05, 3.63) is 29.8 Å². The Labute approximate surface area is 96.5 Å². The fraction of sp³-hybridized carbons (Fsp3) is 0.455. The Kier molecular flexibility index (Phi) is 4.32. The van der Waals surface area contributed by atoms with Crippen LogP contribution in [0.5, 0.6) is 5.75 Å². The smallest absolute Gasteiger partial charge is 0.212 e. The molecule has 1 aromatic rings. The van der Waals surface area contributed by atoms with Crippen LogP contribution in [0, 0.1) is 0 Å². The van der Waals surface area contributed by atoms with Crippen molar-refractivity contribution in [2.45, 2.75) is 19.8 Å². The van der Waals surface area contributed by atoms with Crippen molar-refractivity contribution in [2.24, 2.45) is 5.14 Å². The summed E-state index contributed by atoms with van der Waals surface area (Å²) in [5.41, 5.74) is 1.16. The molecule has 90 valence electrons. The molecule has 1 rings (SSSR count). The first-order valence-electron chi connectivity index (χ1n) is 5.12. The Balaban J connectivity index is 2.58. The summed E-state index contributed by atoms with van der Waals surface area (Å²) in [4.78, 5) is 0. The lowest BCUT2D eigenvalue weighted by Crippen LogP contribution is -2.21. The molecule has 0 saturated heterocycles. The topological polar surface area (TPSA) is 69.4 Å². The van der Waals surface area contributed by atoms with Gasteiger partial charge in [0.25, 0.3) is 0 Å². The van der Waals surface area contributed by atoms with Crippen LogP contribution < -0.4 is 9.88 Å². The van der Waals surface area contributed by atoms with Gasteiger partial charge in [0.15, 0.2) is 0 Å². The highest BCUT2D eigenvalue weighted by Crippen LogP contribution is 2.19. The molecular weight excluding hydrogens is 226 g/mol. The summed E-state index contributed by atoms with van der Waals surface area (Å²) in [7, 11) is -3.45. The lowest BCUT2D eigenvalue weighted by molar-refractivity contribution is 0.340. The molecule has 0 amide bonds. The van der Waals surface area contributed by atoms with Gasteiger partial charge < -0.3 is 4.74 Å². The molecule has 4 nitrogen and oxygen atoms in total. The average Bonchev–Trinajstić information content (AvgIpc) is 2.16. The Bertz CT molecular complexity index is 440. The largest absolute Gasteiger partial charge is 0.492 e. The van der Waals surface area contributed by atoms with Gasteiger partial charge in [-0.3, -0.25) is 0 Å². The molecule has 1 aromatic carbocycles. The van der Waals surface area contributed by atoms with Gasteiger partial charge in [0.1, 0.15) is 12.4 Å². The van der Waals surface area contributed by atoms with Gasteiger partial charge >= 0.3 is 0 Å². The number of primary sulfonamides is 1. The van der Waals surface area contributed by atoms with Crippen LogP contribution in [0.25, 0.3) is 0 Å². The van der Waals surface area contributed by atoms with E-state index < -0.39 is 10.0 Å². The summed E-state index contributed by atoms with van der Waals surface area (Å²) >= 11 is 0. The Morgan fingerprint density at radius 2 is 2.06 bits per heavy atom. The van der Waals surface area contributed by atoms with Gasteiger partial charge in [0.05, 0.1) is 5.75 Å². The number of hydrogen-bond acceptors (Lipinski definition) is 3. The highest BCUT2D eigenvalue weighted by atomic mass is 32.2. The molecule has 16 heavy (non-hydrogen) atoms. The molecule has 0 aliphatic carbocycles. The van der Waals surface area contributed by atoms with E-state index in [1.807, 2.05) is 18.2 Å². The monoisotopic (exact) mass is 243 g/mol. The van der Waals surface area contributed by atoms with E-state index in [4.69, 9.17) is 9.88 Å². The van der Waals surface area contributed by atoms with Crippen molar-refractivity contribution >= 4 is 10.0 Å². The predicted octanol–water partition coefficient (Wildman–Crippen LogP) is 1.48. The summed E-state index contributed by atoms with van der Waals surface area (Å²) in [6, 6.07) is 7.61. The first-order chi connectivity index (χ1) is 7.38. The van der Waals surface area contributed by atoms with Gasteiger partial charge in [0.2, 0.25) is 10.0 Å². The van der Waals surface area contributed by atoms with E-state index in [0.29, 0.717) is 11.7 Å². The second kappa shape index (κ2) is 5.32. The first-order valence-corrected chi connectivity index (χ1v) is 6.83. The van der Waals surface area contributed by atoms with E-state index in [2.05, 4.69) is 13.8 Å². The summed E-state index contributed by atoms with van der Waals surface area (Å²) in [6.07, 6.45) is 0. The van der Waals surface area contributed by atoms with Crippen molar-refractivity contribution in [3.8, 4) is 5.75 Å². The molecule has 0 aliphatic heterocycles. The predicted molar refractivity (Wildman–Crippen MR) is 64.0 cm³/mol. The van der Waals surface area contributed by atoms with Crippen molar-refractivity contribution < 1.29 is 13.2 Å². The summed E-state index contributed by atoms with van der Waals surface area (Å²) in [5, 5.41) is 4.87. The first kappa shape index (κ1) is 13.0. The molecule has 0 aliphatic rings. The summed E-state index contributed by atoms with van der Waals surface area (Å²) < 4.78 is 26.7. The lowest BCUT2D eigenvalue weighted by atomic mass is 10.0. The highest BCUT2D eigenvalue weighted by molar-refractivity contribution is 7.89. The van der Waals surface area contributed by atoms with Crippen molar-refractivity contribution in [1.82, 2.24) is 0 Å². The zero-order valence-electron chi connectivity index (χ0n) is 9.51. The zero-order chi connectivity index (χ0) is 12.2. The quantitative estimate of drug-likeness (QED) is 0.851. The number of rotatable bonds is 5. The molecule has 0 saturated carbocycles. The van der Waals surface area contributed by atoms with Crippen LogP contribution in [0.15, 0.2) is 24.3 Å². The van der Waals surface area contributed by atoms with Gasteiger partial charge in [-0.2, -0.15) is 0 Å². The zero-order valence-corrected chi connectivity index (χ0v) is 10.3. The summed E-state index contributed by atoms with van der Waals surface area (Å²) in [6.45, 7) is 4.26. The van der Waals surface area contributed by atoms with Crippen LogP contribution in [0.1, 0.15) is 25.3 Å². The molecule has 0 heterocycles. The molecule has 0 bridgehead atoms. The van der Waals surface area contributed by atoms with E-state index in [0.717, 1.165) is 5.56 Å². The van der Waals surface area contributed by atoms with Crippen LogP contribution in [-0.2, 0) is 10.0 Å². The minimum absolute atomic E-state index is 0.0837. The summed E-state index contributed by atoms with van der Waals surface area (Å²) in [5.74, 6) is 0.926. The average molecular weight is 243 g/mol. The number of nitrogens with two attached hydrogens (primary N) is 1.